The van der Waals surface area contributed by atoms with Crippen LogP contribution in [0.4, 0.5) is 0 Å². The second-order valence-electron chi connectivity index (χ2n) is 14.9. The highest BCUT2D eigenvalue weighted by atomic mass is 16.3. The first-order valence-electron chi connectivity index (χ1n) is 19.3. The van der Waals surface area contributed by atoms with E-state index in [9.17, 15) is 0 Å². The Labute approximate surface area is 325 Å². The zero-order valence-electron chi connectivity index (χ0n) is 30.5. The molecule has 0 fully saturated rings. The van der Waals surface area contributed by atoms with Crippen LogP contribution in [0.15, 0.2) is 186 Å². The summed E-state index contributed by atoms with van der Waals surface area (Å²) in [6.07, 6.45) is 0. The molecule has 0 aliphatic carbocycles. The van der Waals surface area contributed by atoms with Gasteiger partial charge in [-0.2, -0.15) is 0 Å². The van der Waals surface area contributed by atoms with Crippen LogP contribution in [0.1, 0.15) is 0 Å². The van der Waals surface area contributed by atoms with Crippen molar-refractivity contribution in [2.24, 2.45) is 0 Å². The van der Waals surface area contributed by atoms with E-state index in [1.807, 2.05) is 24.3 Å². The summed E-state index contributed by atoms with van der Waals surface area (Å²) in [6.45, 7) is 0. The number of hydrogen-bond acceptors (Lipinski definition) is 3. The molecule has 0 spiro atoms. The predicted octanol–water partition coefficient (Wildman–Crippen LogP) is 13.6. The van der Waals surface area contributed by atoms with Gasteiger partial charge in [-0.1, -0.05) is 146 Å². The predicted molar refractivity (Wildman–Crippen MR) is 235 cm³/mol. The normalized spacial score (nSPS) is 12.2. The lowest BCUT2D eigenvalue weighted by atomic mass is 10.0. The Morgan fingerprint density at radius 2 is 0.982 bits per heavy atom. The lowest BCUT2D eigenvalue weighted by molar-refractivity contribution is 0.662. The lowest BCUT2D eigenvalue weighted by Gasteiger charge is -2.11. The molecular formula is C52H30N4O. The molecule has 0 aliphatic rings. The van der Waals surface area contributed by atoms with Crippen molar-refractivity contribution in [2.45, 2.75) is 0 Å². The molecule has 0 amide bonds. The van der Waals surface area contributed by atoms with Gasteiger partial charge in [0.15, 0.2) is 17.2 Å². The Morgan fingerprint density at radius 3 is 1.75 bits per heavy atom. The van der Waals surface area contributed by atoms with Crippen molar-refractivity contribution in [1.82, 2.24) is 18.9 Å². The van der Waals surface area contributed by atoms with Gasteiger partial charge in [0.25, 0.3) is 0 Å². The Balaban J connectivity index is 1.16. The third kappa shape index (κ3) is 4.23. The van der Waals surface area contributed by atoms with E-state index in [2.05, 4.69) is 167 Å². The van der Waals surface area contributed by atoms with Gasteiger partial charge in [0, 0.05) is 43.3 Å². The molecule has 264 valence electrons. The molecule has 5 aromatic heterocycles. The molecule has 0 unspecified atom stereocenters. The average Bonchev–Trinajstić information content (AvgIpc) is 4.02. The summed E-state index contributed by atoms with van der Waals surface area (Å²) in [5.74, 6) is 1.37. The van der Waals surface area contributed by atoms with E-state index in [0.717, 1.165) is 44.5 Å². The van der Waals surface area contributed by atoms with Gasteiger partial charge < -0.3 is 8.82 Å². The van der Waals surface area contributed by atoms with Crippen molar-refractivity contribution in [2.75, 3.05) is 0 Å². The van der Waals surface area contributed by atoms with Crippen LogP contribution in [0.2, 0.25) is 0 Å². The minimum atomic E-state index is 0.649. The highest BCUT2D eigenvalue weighted by Gasteiger charge is 2.27. The molecule has 0 atom stereocenters. The maximum absolute atomic E-state index is 6.74. The van der Waals surface area contributed by atoms with Crippen LogP contribution in [0, 0.1) is 0 Å². The van der Waals surface area contributed by atoms with Crippen LogP contribution in [-0.4, -0.2) is 18.9 Å². The van der Waals surface area contributed by atoms with Gasteiger partial charge in [-0.05, 0) is 58.7 Å². The minimum absolute atomic E-state index is 0.649. The molecule has 0 saturated carbocycles. The summed E-state index contributed by atoms with van der Waals surface area (Å²) in [4.78, 5) is 10.7. The van der Waals surface area contributed by atoms with E-state index < -0.39 is 0 Å². The number of benzene rings is 8. The maximum Gasteiger partial charge on any atom is 0.197 e. The number of hydrogen-bond donors (Lipinski definition) is 0. The quantitative estimate of drug-likeness (QED) is 0.181. The van der Waals surface area contributed by atoms with Gasteiger partial charge in [0.2, 0.25) is 0 Å². The summed E-state index contributed by atoms with van der Waals surface area (Å²) in [7, 11) is 0. The maximum atomic E-state index is 6.74. The van der Waals surface area contributed by atoms with Crippen LogP contribution >= 0.6 is 0 Å². The third-order valence-electron chi connectivity index (χ3n) is 11.9. The summed E-state index contributed by atoms with van der Waals surface area (Å²) in [5, 5.41) is 8.23. The lowest BCUT2D eigenvalue weighted by Crippen LogP contribution is -2.01. The summed E-state index contributed by atoms with van der Waals surface area (Å²) in [5.41, 5.74) is 13.7. The number of furan rings is 1. The Bertz CT molecular complexity index is 3730. The van der Waals surface area contributed by atoms with Gasteiger partial charge in [0.05, 0.1) is 27.6 Å². The van der Waals surface area contributed by atoms with E-state index in [0.29, 0.717) is 11.4 Å². The fourth-order valence-electron chi connectivity index (χ4n) is 9.35. The molecule has 5 nitrogen and oxygen atoms in total. The van der Waals surface area contributed by atoms with E-state index in [1.165, 1.54) is 65.6 Å². The number of fused-ring (bicyclic) bond motifs is 13. The van der Waals surface area contributed by atoms with Gasteiger partial charge in [0.1, 0.15) is 11.1 Å². The molecule has 13 aromatic rings. The molecule has 0 aliphatic heterocycles. The number of aromatic nitrogens is 4. The fraction of sp³-hybridized carbons (Fsp3) is 0. The summed E-state index contributed by atoms with van der Waals surface area (Å²) < 4.78 is 11.5. The largest absolute Gasteiger partial charge is 0.450 e. The van der Waals surface area contributed by atoms with Crippen LogP contribution in [-0.2, 0) is 0 Å². The zero-order chi connectivity index (χ0) is 37.2. The monoisotopic (exact) mass is 726 g/mol. The SMILES string of the molecule is c1ccc(-c2ccc(-c3nc(-n4c5ccccc5c5c6c7ccccc7n7c8cc(-c9ccccc9)ccc8c(cc54)c67)c4oc5ccccc5c4n3)cc2)cc1. The zero-order valence-corrected chi connectivity index (χ0v) is 30.5. The smallest absolute Gasteiger partial charge is 0.197 e. The number of para-hydroxylation sites is 3. The van der Waals surface area contributed by atoms with Crippen molar-refractivity contribution >= 4 is 82.0 Å². The van der Waals surface area contributed by atoms with Crippen molar-refractivity contribution in [3.05, 3.63) is 182 Å². The number of nitrogens with zero attached hydrogens (tertiary/aromatic N) is 4. The first-order chi connectivity index (χ1) is 28.3. The van der Waals surface area contributed by atoms with Gasteiger partial charge >= 0.3 is 0 Å². The molecule has 0 bridgehead atoms. The molecule has 5 heterocycles. The Kier molecular flexibility index (Phi) is 6.10. The van der Waals surface area contributed by atoms with E-state index >= 15 is 0 Å². The highest BCUT2D eigenvalue weighted by molar-refractivity contribution is 6.36. The van der Waals surface area contributed by atoms with Crippen LogP contribution < -0.4 is 0 Å². The Hall–Kier alpha value is -7.76. The average molecular weight is 727 g/mol. The molecule has 0 radical (unpaired) electrons. The first-order valence-corrected chi connectivity index (χ1v) is 19.3. The molecule has 57 heavy (non-hydrogen) atoms. The van der Waals surface area contributed by atoms with Gasteiger partial charge in [-0.25, -0.2) is 9.97 Å². The van der Waals surface area contributed by atoms with Crippen molar-refractivity contribution in [3.8, 4) is 39.5 Å². The van der Waals surface area contributed by atoms with E-state index in [4.69, 9.17) is 14.4 Å². The van der Waals surface area contributed by atoms with Gasteiger partial charge in [-0.15, -0.1) is 0 Å². The number of rotatable bonds is 4. The molecular weight excluding hydrogens is 697 g/mol. The molecule has 0 N–H and O–H groups in total. The molecule has 5 heteroatoms. The Morgan fingerprint density at radius 1 is 0.386 bits per heavy atom. The third-order valence-corrected chi connectivity index (χ3v) is 11.9. The van der Waals surface area contributed by atoms with Crippen LogP contribution in [0.5, 0.6) is 0 Å². The topological polar surface area (TPSA) is 48.3 Å². The minimum Gasteiger partial charge on any atom is -0.450 e. The second-order valence-corrected chi connectivity index (χ2v) is 14.9. The summed E-state index contributed by atoms with van der Waals surface area (Å²) in [6, 6.07) is 64.7. The molecule has 0 saturated heterocycles. The van der Waals surface area contributed by atoms with Crippen molar-refractivity contribution in [3.63, 3.8) is 0 Å². The standard InChI is InChI=1S/C52H30N4O/c1-3-13-31(14-4-1)33-23-25-34(26-24-33)51-53-48-39-19-9-12-22-45(39)57-50(48)52(54-51)56-42-21-11-7-17-37(42)46-44(56)30-40-36-28-27-35(32-15-5-2-6-16-32)29-43(36)55-41-20-10-8-18-38(41)47(46)49(40)55/h1-30H. The van der Waals surface area contributed by atoms with E-state index in [1.54, 1.807) is 0 Å². The van der Waals surface area contributed by atoms with E-state index in [-0.39, 0.29) is 0 Å². The molecule has 13 rings (SSSR count). The van der Waals surface area contributed by atoms with Crippen molar-refractivity contribution < 1.29 is 4.42 Å². The fourth-order valence-corrected chi connectivity index (χ4v) is 9.35. The van der Waals surface area contributed by atoms with Crippen LogP contribution in [0.25, 0.3) is 121 Å². The van der Waals surface area contributed by atoms with Crippen LogP contribution in [0.3, 0.4) is 0 Å². The highest BCUT2D eigenvalue weighted by Crippen LogP contribution is 2.48. The second kappa shape index (κ2) is 11.4. The first kappa shape index (κ1) is 30.6. The van der Waals surface area contributed by atoms with Gasteiger partial charge in [-0.3, -0.25) is 4.57 Å². The van der Waals surface area contributed by atoms with Crippen molar-refractivity contribution in [1.29, 1.82) is 0 Å². The molecule has 8 aromatic carbocycles. The summed E-state index contributed by atoms with van der Waals surface area (Å²) >= 11 is 0.